The van der Waals surface area contributed by atoms with Crippen LogP contribution in [-0.4, -0.2) is 19.9 Å². The van der Waals surface area contributed by atoms with Gasteiger partial charge < -0.3 is 4.98 Å². The van der Waals surface area contributed by atoms with Crippen LogP contribution in [0.5, 0.6) is 0 Å². The molecule has 3 aromatic heterocycles. The molecule has 0 atom stereocenters. The number of hydrogen-bond acceptors (Lipinski definition) is 3. The van der Waals surface area contributed by atoms with Gasteiger partial charge in [-0.15, -0.1) is 0 Å². The minimum absolute atomic E-state index is 0.602. The summed E-state index contributed by atoms with van der Waals surface area (Å²) >= 11 is 5.94. The van der Waals surface area contributed by atoms with Crippen molar-refractivity contribution >= 4 is 22.6 Å². The monoisotopic (exact) mass is 244 g/mol. The fourth-order valence-electron chi connectivity index (χ4n) is 1.69. The van der Waals surface area contributed by atoms with Gasteiger partial charge >= 0.3 is 0 Å². The summed E-state index contributed by atoms with van der Waals surface area (Å²) in [7, 11) is 0. The summed E-state index contributed by atoms with van der Waals surface area (Å²) in [5, 5.41) is 1.53. The van der Waals surface area contributed by atoms with Gasteiger partial charge in [0, 0.05) is 35.7 Å². The van der Waals surface area contributed by atoms with Crippen LogP contribution in [0, 0.1) is 6.92 Å². The molecular formula is C12H9ClN4. The molecule has 3 aromatic rings. The van der Waals surface area contributed by atoms with E-state index < -0.39 is 0 Å². The van der Waals surface area contributed by atoms with Crippen LogP contribution in [0.25, 0.3) is 22.4 Å². The Morgan fingerprint density at radius 3 is 2.65 bits per heavy atom. The van der Waals surface area contributed by atoms with E-state index in [4.69, 9.17) is 11.6 Å². The zero-order valence-corrected chi connectivity index (χ0v) is 9.86. The van der Waals surface area contributed by atoms with Crippen LogP contribution in [-0.2, 0) is 0 Å². The third-order valence-corrected chi connectivity index (χ3v) is 2.73. The molecule has 0 fully saturated rings. The fourth-order valence-corrected chi connectivity index (χ4v) is 1.85. The van der Waals surface area contributed by atoms with Crippen LogP contribution in [0.3, 0.4) is 0 Å². The number of H-pyrrole nitrogens is 1. The second-order valence-electron chi connectivity index (χ2n) is 3.84. The van der Waals surface area contributed by atoms with Crippen LogP contribution >= 0.6 is 11.6 Å². The highest BCUT2D eigenvalue weighted by Crippen LogP contribution is 2.26. The predicted molar refractivity (Wildman–Crippen MR) is 66.9 cm³/mol. The normalized spacial score (nSPS) is 10.9. The number of aryl methyl sites for hydroxylation is 1. The molecule has 0 aromatic carbocycles. The van der Waals surface area contributed by atoms with Gasteiger partial charge in [-0.1, -0.05) is 11.6 Å². The maximum Gasteiger partial charge on any atom is 0.161 e. The molecule has 0 spiro atoms. The van der Waals surface area contributed by atoms with Crippen LogP contribution in [0.1, 0.15) is 5.56 Å². The first kappa shape index (κ1) is 10.2. The molecule has 0 aliphatic carbocycles. The van der Waals surface area contributed by atoms with Crippen molar-refractivity contribution in [2.45, 2.75) is 6.92 Å². The lowest BCUT2D eigenvalue weighted by Crippen LogP contribution is -1.88. The van der Waals surface area contributed by atoms with E-state index in [1.165, 1.54) is 0 Å². The highest BCUT2D eigenvalue weighted by atomic mass is 35.5. The van der Waals surface area contributed by atoms with Crippen LogP contribution < -0.4 is 0 Å². The summed E-state index contributed by atoms with van der Waals surface area (Å²) in [6, 6.07) is 1.86. The standard InChI is InChI=1S/C12H9ClN4/c1-7-3-14-12(15-4-7)10-6-17-11-9(10)2-8(13)5-16-11/h2-6H,1H3,(H,16,17). The van der Waals surface area contributed by atoms with E-state index in [0.717, 1.165) is 22.2 Å². The number of nitrogens with one attached hydrogen (secondary N) is 1. The van der Waals surface area contributed by atoms with Crippen molar-refractivity contribution in [2.24, 2.45) is 0 Å². The number of nitrogens with zero attached hydrogens (tertiary/aromatic N) is 3. The lowest BCUT2D eigenvalue weighted by molar-refractivity contribution is 1.14. The Labute approximate surface area is 103 Å². The van der Waals surface area contributed by atoms with Gasteiger partial charge in [0.05, 0.1) is 5.02 Å². The van der Waals surface area contributed by atoms with Crippen molar-refractivity contribution in [3.05, 3.63) is 41.4 Å². The number of rotatable bonds is 1. The van der Waals surface area contributed by atoms with Gasteiger partial charge in [0.15, 0.2) is 5.82 Å². The van der Waals surface area contributed by atoms with Gasteiger partial charge in [-0.05, 0) is 18.6 Å². The van der Waals surface area contributed by atoms with Crippen molar-refractivity contribution in [3.8, 4) is 11.4 Å². The Bertz CT molecular complexity index is 673. The molecule has 0 bridgehead atoms. The number of hydrogen-bond donors (Lipinski definition) is 1. The molecule has 0 radical (unpaired) electrons. The molecule has 3 rings (SSSR count). The topological polar surface area (TPSA) is 54.5 Å². The fraction of sp³-hybridized carbons (Fsp3) is 0.0833. The van der Waals surface area contributed by atoms with E-state index in [-0.39, 0.29) is 0 Å². The van der Waals surface area contributed by atoms with Crippen LogP contribution in [0.4, 0.5) is 0 Å². The number of fused-ring (bicyclic) bond motifs is 1. The molecule has 0 aliphatic rings. The highest BCUT2D eigenvalue weighted by molar-refractivity contribution is 6.31. The zero-order valence-electron chi connectivity index (χ0n) is 9.11. The first-order chi connectivity index (χ1) is 8.24. The number of pyridine rings is 1. The van der Waals surface area contributed by atoms with E-state index in [2.05, 4.69) is 19.9 Å². The maximum atomic E-state index is 5.94. The van der Waals surface area contributed by atoms with Crippen LogP contribution in [0.15, 0.2) is 30.9 Å². The first-order valence-corrected chi connectivity index (χ1v) is 5.53. The number of halogens is 1. The third kappa shape index (κ3) is 1.76. The largest absolute Gasteiger partial charge is 0.345 e. The third-order valence-electron chi connectivity index (χ3n) is 2.52. The molecule has 0 saturated heterocycles. The van der Waals surface area contributed by atoms with E-state index in [0.29, 0.717) is 10.8 Å². The van der Waals surface area contributed by atoms with Crippen molar-refractivity contribution in [1.82, 2.24) is 19.9 Å². The summed E-state index contributed by atoms with van der Waals surface area (Å²) in [5.41, 5.74) is 2.73. The molecule has 17 heavy (non-hydrogen) atoms. The smallest absolute Gasteiger partial charge is 0.161 e. The number of aromatic nitrogens is 4. The minimum atomic E-state index is 0.602. The summed E-state index contributed by atoms with van der Waals surface area (Å²) in [6.45, 7) is 1.96. The summed E-state index contributed by atoms with van der Waals surface area (Å²) < 4.78 is 0. The van der Waals surface area contributed by atoms with E-state index in [1.54, 1.807) is 18.6 Å². The lowest BCUT2D eigenvalue weighted by Gasteiger charge is -1.98. The van der Waals surface area contributed by atoms with Crippen LogP contribution in [0.2, 0.25) is 5.02 Å². The van der Waals surface area contributed by atoms with Gasteiger partial charge in [0.25, 0.3) is 0 Å². The summed E-state index contributed by atoms with van der Waals surface area (Å²) in [5.74, 6) is 0.672. The van der Waals surface area contributed by atoms with E-state index in [9.17, 15) is 0 Å². The Morgan fingerprint density at radius 1 is 1.12 bits per heavy atom. The molecule has 3 heterocycles. The van der Waals surface area contributed by atoms with Gasteiger partial charge in [-0.25, -0.2) is 15.0 Å². The molecule has 5 heteroatoms. The van der Waals surface area contributed by atoms with Crippen molar-refractivity contribution in [3.63, 3.8) is 0 Å². The molecule has 0 unspecified atom stereocenters. The van der Waals surface area contributed by atoms with Gasteiger partial charge in [0.2, 0.25) is 0 Å². The minimum Gasteiger partial charge on any atom is -0.345 e. The Kier molecular flexibility index (Phi) is 2.30. The molecular weight excluding hydrogens is 236 g/mol. The van der Waals surface area contributed by atoms with Gasteiger partial charge in [-0.2, -0.15) is 0 Å². The van der Waals surface area contributed by atoms with Gasteiger partial charge in [0.1, 0.15) is 5.65 Å². The summed E-state index contributed by atoms with van der Waals surface area (Å²) in [4.78, 5) is 15.9. The molecule has 0 saturated carbocycles. The first-order valence-electron chi connectivity index (χ1n) is 5.16. The lowest BCUT2D eigenvalue weighted by atomic mass is 10.2. The molecule has 4 nitrogen and oxygen atoms in total. The average Bonchev–Trinajstić information content (AvgIpc) is 2.73. The molecule has 0 amide bonds. The van der Waals surface area contributed by atoms with Gasteiger partial charge in [-0.3, -0.25) is 0 Å². The second kappa shape index (κ2) is 3.82. The second-order valence-corrected chi connectivity index (χ2v) is 4.27. The Balaban J connectivity index is 2.23. The highest BCUT2D eigenvalue weighted by Gasteiger charge is 2.09. The molecule has 1 N–H and O–H groups in total. The van der Waals surface area contributed by atoms with Crippen molar-refractivity contribution in [2.75, 3.05) is 0 Å². The average molecular weight is 245 g/mol. The van der Waals surface area contributed by atoms with Crippen molar-refractivity contribution < 1.29 is 0 Å². The Hall–Kier alpha value is -1.94. The van der Waals surface area contributed by atoms with E-state index >= 15 is 0 Å². The van der Waals surface area contributed by atoms with E-state index in [1.807, 2.05) is 19.2 Å². The summed E-state index contributed by atoms with van der Waals surface area (Å²) in [6.07, 6.45) is 7.04. The number of aromatic amines is 1. The predicted octanol–water partition coefficient (Wildman–Crippen LogP) is 2.98. The van der Waals surface area contributed by atoms with Crippen molar-refractivity contribution in [1.29, 1.82) is 0 Å². The molecule has 84 valence electrons. The SMILES string of the molecule is Cc1cnc(-c2c[nH]c3ncc(Cl)cc23)nc1. The maximum absolute atomic E-state index is 5.94. The zero-order chi connectivity index (χ0) is 11.8. The quantitative estimate of drug-likeness (QED) is 0.716. The molecule has 0 aliphatic heterocycles. The Morgan fingerprint density at radius 2 is 1.88 bits per heavy atom.